The Kier molecular flexibility index (Phi) is 5.80. The first-order chi connectivity index (χ1) is 19.9. The molecule has 2 fully saturated rings. The highest BCUT2D eigenvalue weighted by molar-refractivity contribution is 6.80. The molecule has 2 saturated carbocycles. The van der Waals surface area contributed by atoms with Crippen LogP contribution < -0.4 is 0 Å². The fraction of sp³-hybridized carbons (Fsp3) is 0.368. The van der Waals surface area contributed by atoms with Crippen molar-refractivity contribution < 1.29 is 0 Å². The van der Waals surface area contributed by atoms with Crippen LogP contribution in [0.2, 0.25) is 24.2 Å². The molecule has 0 radical (unpaired) electrons. The molecular formula is C38H42N2Si. The van der Waals surface area contributed by atoms with E-state index in [1.807, 2.05) is 0 Å². The Morgan fingerprint density at radius 1 is 0.610 bits per heavy atom. The number of hydrogen-bond donors (Lipinski definition) is 0. The summed E-state index contributed by atoms with van der Waals surface area (Å²) in [7, 11) is -1.69. The van der Waals surface area contributed by atoms with E-state index in [9.17, 15) is 0 Å². The monoisotopic (exact) mass is 554 g/mol. The van der Waals surface area contributed by atoms with Crippen LogP contribution in [0.1, 0.15) is 26.7 Å². The summed E-state index contributed by atoms with van der Waals surface area (Å²) in [6, 6.07) is 22.3. The van der Waals surface area contributed by atoms with Crippen molar-refractivity contribution in [1.82, 2.24) is 9.13 Å². The van der Waals surface area contributed by atoms with E-state index in [1.165, 1.54) is 46.0 Å². The van der Waals surface area contributed by atoms with Gasteiger partial charge < -0.3 is 9.13 Å². The SMILES string of the molecule is CC1CC2C(n3ccc4ccccc43)=CC=CC2C1[Si](C)(C)C1C(C)CC2C(n3ccc4ccccc43)=CC=CC21. The number of benzene rings is 2. The predicted octanol–water partition coefficient (Wildman–Crippen LogP) is 10.1. The van der Waals surface area contributed by atoms with Crippen molar-refractivity contribution in [3.05, 3.63) is 110 Å². The summed E-state index contributed by atoms with van der Waals surface area (Å²) < 4.78 is 4.99. The van der Waals surface area contributed by atoms with Gasteiger partial charge in [0, 0.05) is 35.6 Å². The van der Waals surface area contributed by atoms with Crippen molar-refractivity contribution >= 4 is 41.3 Å². The van der Waals surface area contributed by atoms with Crippen LogP contribution >= 0.6 is 0 Å². The Balaban J connectivity index is 1.12. The first-order valence-corrected chi connectivity index (χ1v) is 19.0. The number of aromatic nitrogens is 2. The van der Waals surface area contributed by atoms with Crippen LogP contribution in [0.25, 0.3) is 33.2 Å². The minimum absolute atomic E-state index is 0.610. The highest BCUT2D eigenvalue weighted by Crippen LogP contribution is 2.64. The molecule has 0 amide bonds. The lowest BCUT2D eigenvalue weighted by Crippen LogP contribution is -2.45. The molecule has 2 nitrogen and oxygen atoms in total. The summed E-state index contributed by atoms with van der Waals surface area (Å²) in [5.41, 5.74) is 7.31. The number of hydrogen-bond acceptors (Lipinski definition) is 0. The van der Waals surface area contributed by atoms with E-state index >= 15 is 0 Å². The summed E-state index contributed by atoms with van der Waals surface area (Å²) in [6.07, 6.45) is 22.0. The topological polar surface area (TPSA) is 9.86 Å². The standard InChI is InChI=1S/C38H42N2Si/c1-25-23-31-29(13-9-17-35(31)39-21-19-27-11-5-7-15-33(27)39)37(25)41(3,4)38-26(2)24-32-30(38)14-10-18-36(32)40-22-20-28-12-6-8-16-34(28)40/h5-22,25-26,29-32,37-38H,23-24H2,1-4H3. The van der Waals surface area contributed by atoms with Gasteiger partial charge in [-0.05, 0) is 94.8 Å². The largest absolute Gasteiger partial charge is 0.320 e. The second-order valence-electron chi connectivity index (χ2n) is 14.1. The summed E-state index contributed by atoms with van der Waals surface area (Å²) in [5.74, 6) is 4.02. The first kappa shape index (κ1) is 25.4. The van der Waals surface area contributed by atoms with Gasteiger partial charge in [-0.15, -0.1) is 0 Å². The molecule has 0 N–H and O–H groups in total. The molecule has 8 unspecified atom stereocenters. The van der Waals surface area contributed by atoms with Crippen LogP contribution in [0.5, 0.6) is 0 Å². The van der Waals surface area contributed by atoms with E-state index in [1.54, 1.807) is 0 Å². The lowest BCUT2D eigenvalue weighted by atomic mass is 9.88. The van der Waals surface area contributed by atoms with Crippen molar-refractivity contribution in [3.8, 4) is 0 Å². The summed E-state index contributed by atoms with van der Waals surface area (Å²) in [6.45, 7) is 10.7. The Labute approximate surface area is 245 Å². The fourth-order valence-corrected chi connectivity index (χ4v) is 16.8. The third-order valence-electron chi connectivity index (χ3n) is 11.7. The number of fused-ring (bicyclic) bond motifs is 4. The van der Waals surface area contributed by atoms with E-state index in [-0.39, 0.29) is 0 Å². The van der Waals surface area contributed by atoms with Crippen LogP contribution in [-0.2, 0) is 0 Å². The normalized spacial score (nSPS) is 32.8. The highest BCUT2D eigenvalue weighted by Gasteiger charge is 2.58. The maximum Gasteiger partial charge on any atom is 0.0553 e. The second-order valence-corrected chi connectivity index (χ2v) is 19.1. The smallest absolute Gasteiger partial charge is 0.0553 e. The Morgan fingerprint density at radius 2 is 1.05 bits per heavy atom. The van der Waals surface area contributed by atoms with Crippen molar-refractivity contribution in [1.29, 1.82) is 0 Å². The number of nitrogens with zero attached hydrogens (tertiary/aromatic N) is 2. The average molecular weight is 555 g/mol. The Hall–Kier alpha value is -3.30. The molecule has 2 aromatic heterocycles. The molecule has 8 rings (SSSR count). The molecule has 0 spiro atoms. The zero-order chi connectivity index (χ0) is 27.9. The molecule has 2 aromatic carbocycles. The number of allylic oxidation sites excluding steroid dienone is 8. The van der Waals surface area contributed by atoms with Crippen LogP contribution in [0.3, 0.4) is 0 Å². The molecule has 0 saturated heterocycles. The summed E-state index contributed by atoms with van der Waals surface area (Å²) >= 11 is 0. The molecule has 41 heavy (non-hydrogen) atoms. The van der Waals surface area contributed by atoms with Gasteiger partial charge in [-0.1, -0.05) is 87.6 Å². The van der Waals surface area contributed by atoms with Crippen LogP contribution in [0.15, 0.2) is 110 Å². The molecule has 8 atom stereocenters. The second kappa shape index (κ2) is 9.36. The molecular weight excluding hydrogens is 513 g/mol. The molecule has 0 aliphatic heterocycles. The third kappa shape index (κ3) is 3.74. The minimum atomic E-state index is -1.69. The van der Waals surface area contributed by atoms with Gasteiger partial charge in [-0.2, -0.15) is 0 Å². The van der Waals surface area contributed by atoms with E-state index in [0.29, 0.717) is 23.7 Å². The van der Waals surface area contributed by atoms with E-state index < -0.39 is 8.07 Å². The quantitative estimate of drug-likeness (QED) is 0.222. The van der Waals surface area contributed by atoms with Crippen LogP contribution in [0, 0.1) is 35.5 Å². The minimum Gasteiger partial charge on any atom is -0.320 e. The first-order valence-electron chi connectivity index (χ1n) is 15.8. The Morgan fingerprint density at radius 3 is 1.51 bits per heavy atom. The van der Waals surface area contributed by atoms with Gasteiger partial charge in [0.15, 0.2) is 0 Å². The van der Waals surface area contributed by atoms with Gasteiger partial charge in [0.25, 0.3) is 0 Å². The van der Waals surface area contributed by atoms with E-state index in [0.717, 1.165) is 22.9 Å². The lowest BCUT2D eigenvalue weighted by molar-refractivity contribution is 0.491. The van der Waals surface area contributed by atoms with Crippen LogP contribution in [0.4, 0.5) is 0 Å². The van der Waals surface area contributed by atoms with Gasteiger partial charge in [0.1, 0.15) is 0 Å². The molecule has 4 aromatic rings. The molecule has 208 valence electrons. The lowest BCUT2D eigenvalue weighted by Gasteiger charge is -2.46. The maximum absolute atomic E-state index is 2.77. The van der Waals surface area contributed by atoms with Crippen molar-refractivity contribution in [2.45, 2.75) is 50.9 Å². The highest BCUT2D eigenvalue weighted by atomic mass is 28.3. The zero-order valence-electron chi connectivity index (χ0n) is 24.8. The van der Waals surface area contributed by atoms with Crippen molar-refractivity contribution in [2.24, 2.45) is 35.5 Å². The summed E-state index contributed by atoms with van der Waals surface area (Å²) in [4.78, 5) is 0. The van der Waals surface area contributed by atoms with E-state index in [2.05, 4.69) is 146 Å². The van der Waals surface area contributed by atoms with Crippen molar-refractivity contribution in [2.75, 3.05) is 0 Å². The van der Waals surface area contributed by atoms with E-state index in [4.69, 9.17) is 0 Å². The zero-order valence-corrected chi connectivity index (χ0v) is 25.8. The number of rotatable bonds is 4. The van der Waals surface area contributed by atoms with Gasteiger partial charge >= 0.3 is 0 Å². The molecule has 3 heteroatoms. The van der Waals surface area contributed by atoms with Gasteiger partial charge in [-0.3, -0.25) is 0 Å². The molecule has 4 aliphatic carbocycles. The van der Waals surface area contributed by atoms with Crippen molar-refractivity contribution in [3.63, 3.8) is 0 Å². The molecule has 4 aliphatic rings. The van der Waals surface area contributed by atoms with Gasteiger partial charge in [0.2, 0.25) is 0 Å². The summed E-state index contributed by atoms with van der Waals surface area (Å²) in [5, 5.41) is 2.68. The van der Waals surface area contributed by atoms with Gasteiger partial charge in [-0.25, -0.2) is 0 Å². The third-order valence-corrected chi connectivity index (χ3v) is 17.0. The number of para-hydroxylation sites is 2. The fourth-order valence-electron chi connectivity index (χ4n) is 10.4. The molecule has 2 heterocycles. The maximum atomic E-state index is 2.77. The average Bonchev–Trinajstić information content (AvgIpc) is 3.74. The predicted molar refractivity (Wildman–Crippen MR) is 177 cm³/mol. The van der Waals surface area contributed by atoms with Gasteiger partial charge in [0.05, 0.1) is 19.1 Å². The van der Waals surface area contributed by atoms with Crippen LogP contribution in [-0.4, -0.2) is 17.2 Å². The molecule has 0 bridgehead atoms. The Bertz CT molecular complexity index is 1630.